The minimum Gasteiger partial charge on any atom is -0.493 e. The summed E-state index contributed by atoms with van der Waals surface area (Å²) in [6.07, 6.45) is 2.98. The fraction of sp³-hybridized carbons (Fsp3) is 0.562. The molecule has 0 aliphatic heterocycles. The smallest absolute Gasteiger partial charge is 0.251 e. The predicted molar refractivity (Wildman–Crippen MR) is 80.6 cm³/mol. The van der Waals surface area contributed by atoms with Crippen LogP contribution >= 0.6 is 0 Å². The van der Waals surface area contributed by atoms with E-state index in [-0.39, 0.29) is 11.9 Å². The number of unbranched alkanes of at least 4 members (excludes halogenated alkanes) is 1. The largest absolute Gasteiger partial charge is 0.493 e. The lowest BCUT2D eigenvalue weighted by molar-refractivity contribution is 0.0939. The van der Waals surface area contributed by atoms with Gasteiger partial charge in [0.15, 0.2) is 11.5 Å². The molecule has 0 aromatic heterocycles. The topological polar surface area (TPSA) is 47.6 Å². The summed E-state index contributed by atoms with van der Waals surface area (Å²) in [4.78, 5) is 12.0. The maximum absolute atomic E-state index is 12.0. The SMILES string of the molecule is CCCCOc1ccc(C(=O)NC(C)CC)cc1OC. The van der Waals surface area contributed by atoms with Crippen molar-refractivity contribution < 1.29 is 14.3 Å². The molecule has 0 aliphatic rings. The van der Waals surface area contributed by atoms with Gasteiger partial charge < -0.3 is 14.8 Å². The zero-order valence-corrected chi connectivity index (χ0v) is 12.9. The summed E-state index contributed by atoms with van der Waals surface area (Å²) in [5, 5.41) is 2.93. The molecule has 1 rings (SSSR count). The van der Waals surface area contributed by atoms with Crippen LogP contribution in [0.4, 0.5) is 0 Å². The van der Waals surface area contributed by atoms with Crippen molar-refractivity contribution >= 4 is 5.91 Å². The summed E-state index contributed by atoms with van der Waals surface area (Å²) in [6.45, 7) is 6.79. The Kier molecular flexibility index (Phi) is 6.91. The second-order valence-corrected chi connectivity index (χ2v) is 4.85. The van der Waals surface area contributed by atoms with Gasteiger partial charge in [-0.15, -0.1) is 0 Å². The van der Waals surface area contributed by atoms with Gasteiger partial charge in [-0.2, -0.15) is 0 Å². The van der Waals surface area contributed by atoms with E-state index < -0.39 is 0 Å². The number of benzene rings is 1. The molecular formula is C16H25NO3. The van der Waals surface area contributed by atoms with Gasteiger partial charge in [0.05, 0.1) is 13.7 Å². The van der Waals surface area contributed by atoms with Crippen molar-refractivity contribution in [2.45, 2.75) is 46.1 Å². The Morgan fingerprint density at radius 3 is 2.65 bits per heavy atom. The zero-order valence-electron chi connectivity index (χ0n) is 12.9. The lowest BCUT2D eigenvalue weighted by Gasteiger charge is -2.14. The van der Waals surface area contributed by atoms with Crippen LogP contribution in [0.15, 0.2) is 18.2 Å². The second-order valence-electron chi connectivity index (χ2n) is 4.85. The van der Waals surface area contributed by atoms with Gasteiger partial charge in [0.2, 0.25) is 0 Å². The van der Waals surface area contributed by atoms with E-state index in [0.717, 1.165) is 19.3 Å². The Labute approximate surface area is 121 Å². The minimum atomic E-state index is -0.0854. The Morgan fingerprint density at radius 2 is 2.05 bits per heavy atom. The van der Waals surface area contributed by atoms with Crippen LogP contribution in [0.25, 0.3) is 0 Å². The summed E-state index contributed by atoms with van der Waals surface area (Å²) in [6, 6.07) is 5.44. The monoisotopic (exact) mass is 279 g/mol. The van der Waals surface area contributed by atoms with Crippen molar-refractivity contribution in [1.29, 1.82) is 0 Å². The quantitative estimate of drug-likeness (QED) is 0.742. The van der Waals surface area contributed by atoms with Crippen LogP contribution in [0.1, 0.15) is 50.4 Å². The third kappa shape index (κ3) is 4.76. The van der Waals surface area contributed by atoms with E-state index in [4.69, 9.17) is 9.47 Å². The molecule has 0 bridgehead atoms. The zero-order chi connectivity index (χ0) is 15.0. The van der Waals surface area contributed by atoms with E-state index in [2.05, 4.69) is 12.2 Å². The number of hydrogen-bond acceptors (Lipinski definition) is 3. The molecule has 0 saturated carbocycles. The minimum absolute atomic E-state index is 0.0854. The third-order valence-corrected chi connectivity index (χ3v) is 3.17. The van der Waals surface area contributed by atoms with Gasteiger partial charge in [0.1, 0.15) is 0 Å². The number of carbonyl (C=O) groups excluding carboxylic acids is 1. The lowest BCUT2D eigenvalue weighted by atomic mass is 10.1. The van der Waals surface area contributed by atoms with Crippen LogP contribution in [0.5, 0.6) is 11.5 Å². The van der Waals surface area contributed by atoms with Gasteiger partial charge in [-0.1, -0.05) is 20.3 Å². The Balaban J connectivity index is 2.78. The summed E-state index contributed by atoms with van der Waals surface area (Å²) in [5.41, 5.74) is 0.588. The van der Waals surface area contributed by atoms with Gasteiger partial charge in [-0.25, -0.2) is 0 Å². The van der Waals surface area contributed by atoms with E-state index in [1.165, 1.54) is 0 Å². The molecule has 1 aromatic rings. The van der Waals surface area contributed by atoms with Crippen molar-refractivity contribution in [2.75, 3.05) is 13.7 Å². The molecule has 1 amide bonds. The summed E-state index contributed by atoms with van der Waals surface area (Å²) < 4.78 is 10.9. The van der Waals surface area contributed by atoms with Gasteiger partial charge >= 0.3 is 0 Å². The standard InChI is InChI=1S/C16H25NO3/c1-5-7-10-20-14-9-8-13(11-15(14)19-4)16(18)17-12(3)6-2/h8-9,11-12H,5-7,10H2,1-4H3,(H,17,18). The van der Waals surface area contributed by atoms with Crippen molar-refractivity contribution in [3.8, 4) is 11.5 Å². The number of carbonyl (C=O) groups is 1. The highest BCUT2D eigenvalue weighted by molar-refractivity contribution is 5.95. The molecule has 0 saturated heterocycles. The van der Waals surface area contributed by atoms with Crippen molar-refractivity contribution in [3.63, 3.8) is 0 Å². The highest BCUT2D eigenvalue weighted by Gasteiger charge is 2.12. The molecule has 20 heavy (non-hydrogen) atoms. The third-order valence-electron chi connectivity index (χ3n) is 3.17. The second kappa shape index (κ2) is 8.46. The van der Waals surface area contributed by atoms with Gasteiger partial charge in [-0.05, 0) is 38.0 Å². The van der Waals surface area contributed by atoms with Gasteiger partial charge in [0.25, 0.3) is 5.91 Å². The molecule has 4 nitrogen and oxygen atoms in total. The van der Waals surface area contributed by atoms with Crippen molar-refractivity contribution in [2.24, 2.45) is 0 Å². The molecule has 0 heterocycles. The van der Waals surface area contributed by atoms with Crippen LogP contribution in [0.2, 0.25) is 0 Å². The predicted octanol–water partition coefficient (Wildman–Crippen LogP) is 3.40. The first kappa shape index (κ1) is 16.3. The van der Waals surface area contributed by atoms with E-state index in [1.807, 2.05) is 13.8 Å². The molecule has 1 unspecified atom stereocenters. The first-order chi connectivity index (χ1) is 9.62. The van der Waals surface area contributed by atoms with E-state index in [0.29, 0.717) is 23.7 Å². The molecule has 0 aliphatic carbocycles. The van der Waals surface area contributed by atoms with Crippen LogP contribution in [0, 0.1) is 0 Å². The molecule has 0 spiro atoms. The van der Waals surface area contributed by atoms with Gasteiger partial charge in [-0.3, -0.25) is 4.79 Å². The van der Waals surface area contributed by atoms with Crippen LogP contribution < -0.4 is 14.8 Å². The Morgan fingerprint density at radius 1 is 1.30 bits per heavy atom. The van der Waals surface area contributed by atoms with Crippen LogP contribution in [0.3, 0.4) is 0 Å². The number of ether oxygens (including phenoxy) is 2. The summed E-state index contributed by atoms with van der Waals surface area (Å²) >= 11 is 0. The number of rotatable bonds is 8. The first-order valence-corrected chi connectivity index (χ1v) is 7.24. The molecule has 1 atom stereocenters. The highest BCUT2D eigenvalue weighted by atomic mass is 16.5. The van der Waals surface area contributed by atoms with Crippen LogP contribution in [-0.4, -0.2) is 25.7 Å². The molecule has 112 valence electrons. The van der Waals surface area contributed by atoms with Crippen LogP contribution in [-0.2, 0) is 0 Å². The summed E-state index contributed by atoms with van der Waals surface area (Å²) in [7, 11) is 1.58. The average molecular weight is 279 g/mol. The average Bonchev–Trinajstić information content (AvgIpc) is 2.47. The maximum Gasteiger partial charge on any atom is 0.251 e. The fourth-order valence-corrected chi connectivity index (χ4v) is 1.66. The normalized spacial score (nSPS) is 11.8. The lowest BCUT2D eigenvalue weighted by Crippen LogP contribution is -2.31. The fourth-order valence-electron chi connectivity index (χ4n) is 1.66. The van der Waals surface area contributed by atoms with E-state index in [9.17, 15) is 4.79 Å². The molecule has 1 N–H and O–H groups in total. The number of amides is 1. The maximum atomic E-state index is 12.0. The summed E-state index contributed by atoms with van der Waals surface area (Å²) in [5.74, 6) is 1.19. The Bertz CT molecular complexity index is 432. The highest BCUT2D eigenvalue weighted by Crippen LogP contribution is 2.28. The number of hydrogen-bond donors (Lipinski definition) is 1. The van der Waals surface area contributed by atoms with E-state index in [1.54, 1.807) is 25.3 Å². The number of nitrogens with one attached hydrogen (secondary N) is 1. The van der Waals surface area contributed by atoms with Crippen molar-refractivity contribution in [1.82, 2.24) is 5.32 Å². The van der Waals surface area contributed by atoms with E-state index >= 15 is 0 Å². The first-order valence-electron chi connectivity index (χ1n) is 7.24. The molecule has 4 heteroatoms. The Hall–Kier alpha value is -1.71. The number of methoxy groups -OCH3 is 1. The van der Waals surface area contributed by atoms with Crippen molar-refractivity contribution in [3.05, 3.63) is 23.8 Å². The molecule has 1 aromatic carbocycles. The van der Waals surface area contributed by atoms with Gasteiger partial charge in [0, 0.05) is 11.6 Å². The molecule has 0 fully saturated rings. The molecular weight excluding hydrogens is 254 g/mol. The molecule has 0 radical (unpaired) electrons.